The van der Waals surface area contributed by atoms with E-state index in [2.05, 4.69) is 15.1 Å². The summed E-state index contributed by atoms with van der Waals surface area (Å²) in [4.78, 5) is 31.0. The lowest BCUT2D eigenvalue weighted by molar-refractivity contribution is -0.137. The van der Waals surface area contributed by atoms with Crippen LogP contribution in [-0.2, 0) is 9.53 Å². The number of aromatic nitrogens is 4. The Balaban J connectivity index is 1.85. The Hall–Kier alpha value is -3.74. The topological polar surface area (TPSA) is 89.9 Å². The second-order valence-electron chi connectivity index (χ2n) is 5.87. The summed E-state index contributed by atoms with van der Waals surface area (Å²) >= 11 is 0. The highest BCUT2D eigenvalue weighted by molar-refractivity contribution is 6.04. The molecule has 4 aromatic rings. The molecule has 3 aromatic heterocycles. The van der Waals surface area contributed by atoms with E-state index in [0.29, 0.717) is 28.8 Å². The van der Waals surface area contributed by atoms with E-state index in [9.17, 15) is 9.59 Å². The number of carbonyl (C=O) groups is 1. The van der Waals surface area contributed by atoms with Crippen molar-refractivity contribution in [1.82, 2.24) is 19.7 Å². The molecule has 4 rings (SSSR count). The van der Waals surface area contributed by atoms with E-state index in [4.69, 9.17) is 4.74 Å². The van der Waals surface area contributed by atoms with Crippen molar-refractivity contribution in [2.45, 2.75) is 6.92 Å². The molecule has 0 aliphatic rings. The van der Waals surface area contributed by atoms with E-state index < -0.39 is 5.97 Å². The summed E-state index contributed by atoms with van der Waals surface area (Å²) in [5, 5.41) is 5.92. The predicted octanol–water partition coefficient (Wildman–Crippen LogP) is 2.84. The zero-order valence-corrected chi connectivity index (χ0v) is 14.5. The summed E-state index contributed by atoms with van der Waals surface area (Å²) in [7, 11) is 0. The molecule has 134 valence electrons. The van der Waals surface area contributed by atoms with Crippen LogP contribution in [0, 0.1) is 0 Å². The Bertz CT molecular complexity index is 1220. The molecule has 0 saturated heterocycles. The second kappa shape index (κ2) is 6.87. The summed E-state index contributed by atoms with van der Waals surface area (Å²) in [6, 6.07) is 11.0. The number of benzene rings is 1. The maximum Gasteiger partial charge on any atom is 0.330 e. The zero-order valence-electron chi connectivity index (χ0n) is 14.5. The molecule has 7 heteroatoms. The van der Waals surface area contributed by atoms with Gasteiger partial charge in [0.15, 0.2) is 11.3 Å². The first-order chi connectivity index (χ1) is 13.2. The quantitative estimate of drug-likeness (QED) is 0.446. The fourth-order valence-corrected chi connectivity index (χ4v) is 2.88. The molecule has 0 fully saturated rings. The van der Waals surface area contributed by atoms with Crippen molar-refractivity contribution in [2.24, 2.45) is 0 Å². The average molecular weight is 360 g/mol. The summed E-state index contributed by atoms with van der Waals surface area (Å²) < 4.78 is 6.48. The van der Waals surface area contributed by atoms with Gasteiger partial charge in [0, 0.05) is 34.8 Å². The Morgan fingerprint density at radius 1 is 1.26 bits per heavy atom. The number of carbonyl (C=O) groups excluding carboxylic acids is 1. The first-order valence-corrected chi connectivity index (χ1v) is 8.47. The number of hydrogen-bond donors (Lipinski definition) is 1. The van der Waals surface area contributed by atoms with Crippen LogP contribution in [0.3, 0.4) is 0 Å². The normalized spacial score (nSPS) is 11.4. The fraction of sp³-hybridized carbons (Fsp3) is 0.100. The molecular formula is C20H16N4O3. The Morgan fingerprint density at radius 2 is 2.15 bits per heavy atom. The highest BCUT2D eigenvalue weighted by Gasteiger charge is 2.11. The highest BCUT2D eigenvalue weighted by atomic mass is 16.5. The summed E-state index contributed by atoms with van der Waals surface area (Å²) in [6.07, 6.45) is 6.51. The van der Waals surface area contributed by atoms with Gasteiger partial charge in [-0.15, -0.1) is 0 Å². The van der Waals surface area contributed by atoms with Gasteiger partial charge in [-0.2, -0.15) is 5.10 Å². The van der Waals surface area contributed by atoms with Gasteiger partial charge in [0.1, 0.15) is 0 Å². The lowest BCUT2D eigenvalue weighted by Crippen LogP contribution is -2.07. The lowest BCUT2D eigenvalue weighted by atomic mass is 10.1. The van der Waals surface area contributed by atoms with Crippen LogP contribution in [-0.4, -0.2) is 32.3 Å². The molecule has 1 aromatic carbocycles. The van der Waals surface area contributed by atoms with E-state index in [1.165, 1.54) is 6.08 Å². The van der Waals surface area contributed by atoms with E-state index >= 15 is 0 Å². The van der Waals surface area contributed by atoms with Crippen molar-refractivity contribution in [1.29, 1.82) is 0 Å². The summed E-state index contributed by atoms with van der Waals surface area (Å²) in [5.41, 5.74) is 1.58. The van der Waals surface area contributed by atoms with Crippen molar-refractivity contribution in [3.05, 3.63) is 70.8 Å². The maximum atomic E-state index is 12.4. The number of nitrogens with one attached hydrogen (secondary N) is 1. The first-order valence-electron chi connectivity index (χ1n) is 8.47. The van der Waals surface area contributed by atoms with Gasteiger partial charge in [0.2, 0.25) is 0 Å². The molecule has 0 saturated carbocycles. The van der Waals surface area contributed by atoms with Crippen LogP contribution in [0.4, 0.5) is 0 Å². The second-order valence-corrected chi connectivity index (χ2v) is 5.87. The third-order valence-electron chi connectivity index (χ3n) is 4.09. The number of hydrogen-bond acceptors (Lipinski definition) is 5. The van der Waals surface area contributed by atoms with Crippen LogP contribution in [0.1, 0.15) is 12.5 Å². The van der Waals surface area contributed by atoms with Gasteiger partial charge >= 0.3 is 5.97 Å². The molecule has 0 radical (unpaired) electrons. The van der Waals surface area contributed by atoms with E-state index in [1.54, 1.807) is 36.1 Å². The molecule has 3 heterocycles. The largest absolute Gasteiger partial charge is 0.463 e. The van der Waals surface area contributed by atoms with E-state index in [0.717, 1.165) is 10.9 Å². The minimum Gasteiger partial charge on any atom is -0.463 e. The molecule has 0 aliphatic heterocycles. The zero-order chi connectivity index (χ0) is 18.8. The van der Waals surface area contributed by atoms with Crippen molar-refractivity contribution >= 4 is 33.9 Å². The van der Waals surface area contributed by atoms with Gasteiger partial charge in [-0.1, -0.05) is 12.1 Å². The molecule has 0 amide bonds. The third-order valence-corrected chi connectivity index (χ3v) is 4.09. The number of pyridine rings is 2. The molecule has 0 spiro atoms. The molecule has 1 N–H and O–H groups in total. The minimum atomic E-state index is -0.396. The lowest BCUT2D eigenvalue weighted by Gasteiger charge is -2.01. The van der Waals surface area contributed by atoms with E-state index in [-0.39, 0.29) is 5.56 Å². The average Bonchev–Trinajstić information content (AvgIpc) is 3.14. The van der Waals surface area contributed by atoms with Gasteiger partial charge in [0.05, 0.1) is 6.61 Å². The van der Waals surface area contributed by atoms with Crippen molar-refractivity contribution in [2.75, 3.05) is 6.61 Å². The molecule has 0 aliphatic carbocycles. The van der Waals surface area contributed by atoms with Gasteiger partial charge in [-0.3, -0.25) is 4.79 Å². The number of fused-ring (bicyclic) bond motifs is 3. The van der Waals surface area contributed by atoms with Crippen LogP contribution < -0.4 is 5.56 Å². The van der Waals surface area contributed by atoms with Crippen LogP contribution in [0.2, 0.25) is 0 Å². The number of rotatable bonds is 4. The van der Waals surface area contributed by atoms with Crippen LogP contribution in [0.25, 0.3) is 33.7 Å². The first kappa shape index (κ1) is 16.7. The SMILES string of the molecule is CCOC(=O)/C=C/c1ccc2[nH]c(=O)c3nn(-c4ccccn4)cc3c2c1. The monoisotopic (exact) mass is 360 g/mol. The number of H-pyrrole nitrogens is 1. The fourth-order valence-electron chi connectivity index (χ4n) is 2.88. The molecule has 7 nitrogen and oxygen atoms in total. The molecular weight excluding hydrogens is 344 g/mol. The predicted molar refractivity (Wildman–Crippen MR) is 103 cm³/mol. The number of ether oxygens (including phenoxy) is 1. The maximum absolute atomic E-state index is 12.4. The van der Waals surface area contributed by atoms with Crippen LogP contribution in [0.15, 0.2) is 59.7 Å². The number of aromatic amines is 1. The van der Waals surface area contributed by atoms with E-state index in [1.807, 2.05) is 30.3 Å². The minimum absolute atomic E-state index is 0.262. The Labute approximate surface area is 153 Å². The summed E-state index contributed by atoms with van der Waals surface area (Å²) in [5.74, 6) is 0.229. The third kappa shape index (κ3) is 3.22. The molecule has 0 unspecified atom stereocenters. The van der Waals surface area contributed by atoms with Crippen LogP contribution >= 0.6 is 0 Å². The number of nitrogens with zero attached hydrogens (tertiary/aromatic N) is 3. The van der Waals surface area contributed by atoms with Crippen molar-refractivity contribution in [3.63, 3.8) is 0 Å². The number of esters is 1. The van der Waals surface area contributed by atoms with Crippen molar-refractivity contribution < 1.29 is 9.53 Å². The highest BCUT2D eigenvalue weighted by Crippen LogP contribution is 2.23. The van der Waals surface area contributed by atoms with Crippen molar-refractivity contribution in [3.8, 4) is 5.82 Å². The van der Waals surface area contributed by atoms with Gasteiger partial charge < -0.3 is 9.72 Å². The smallest absolute Gasteiger partial charge is 0.330 e. The molecule has 0 atom stereocenters. The van der Waals surface area contributed by atoms with Crippen LogP contribution in [0.5, 0.6) is 0 Å². The summed E-state index contributed by atoms with van der Waals surface area (Å²) in [6.45, 7) is 2.09. The Morgan fingerprint density at radius 3 is 2.93 bits per heavy atom. The van der Waals surface area contributed by atoms with Gasteiger partial charge in [-0.25, -0.2) is 14.5 Å². The Kier molecular flexibility index (Phi) is 4.25. The van der Waals surface area contributed by atoms with Gasteiger partial charge in [-0.05, 0) is 42.8 Å². The standard InChI is InChI=1S/C20H16N4O3/c1-2-27-18(25)9-7-13-6-8-16-14(11-13)15-12-24(17-5-3-4-10-21-17)23-19(15)20(26)22-16/h3-12H,2H2,1H3,(H,22,26)/b9-7+. The molecule has 27 heavy (non-hydrogen) atoms. The molecule has 0 bridgehead atoms. The van der Waals surface area contributed by atoms with Gasteiger partial charge in [0.25, 0.3) is 5.56 Å².